The Morgan fingerprint density at radius 3 is 2.48 bits per heavy atom. The Balaban J connectivity index is 1.79. The van der Waals surface area contributed by atoms with Crippen LogP contribution in [-0.2, 0) is 9.31 Å². The summed E-state index contributed by atoms with van der Waals surface area (Å²) in [7, 11) is -0.970. The summed E-state index contributed by atoms with van der Waals surface area (Å²) in [6.07, 6.45) is 6.39. The van der Waals surface area contributed by atoms with Gasteiger partial charge in [0.05, 0.1) is 28.0 Å². The minimum absolute atomic E-state index is 0.434. The Hall–Kier alpha value is -1.57. The van der Waals surface area contributed by atoms with E-state index in [1.54, 1.807) is 18.6 Å². The lowest BCUT2D eigenvalue weighted by Gasteiger charge is -2.32. The van der Waals surface area contributed by atoms with Gasteiger partial charge >= 0.3 is 7.12 Å². The van der Waals surface area contributed by atoms with E-state index in [2.05, 4.69) is 9.97 Å². The van der Waals surface area contributed by atoms with E-state index in [4.69, 9.17) is 9.31 Å². The average Bonchev–Trinajstić information content (AvgIpc) is 3.03. The monoisotopic (exact) mass is 332 g/mol. The Kier molecular flexibility index (Phi) is 4.12. The van der Waals surface area contributed by atoms with Gasteiger partial charge in [0, 0.05) is 17.3 Å². The number of halogens is 1. The zero-order valence-corrected chi connectivity index (χ0v) is 14.4. The van der Waals surface area contributed by atoms with Gasteiger partial charge in [-0.15, -0.1) is 11.3 Å². The molecule has 23 heavy (non-hydrogen) atoms. The van der Waals surface area contributed by atoms with Gasteiger partial charge in [0.25, 0.3) is 0 Å². The van der Waals surface area contributed by atoms with Gasteiger partial charge in [0.15, 0.2) is 0 Å². The van der Waals surface area contributed by atoms with Crippen LogP contribution in [0.3, 0.4) is 0 Å². The molecule has 3 rings (SSSR count). The zero-order chi connectivity index (χ0) is 16.7. The lowest BCUT2D eigenvalue weighted by Crippen LogP contribution is -2.41. The summed E-state index contributed by atoms with van der Waals surface area (Å²) >= 11 is 1.44. The molecule has 0 N–H and O–H groups in total. The number of rotatable bonds is 3. The highest BCUT2D eigenvalue weighted by Gasteiger charge is 2.53. The molecule has 120 valence electrons. The summed E-state index contributed by atoms with van der Waals surface area (Å²) < 4.78 is 25.9. The van der Waals surface area contributed by atoms with Gasteiger partial charge in [-0.25, -0.2) is 4.39 Å². The van der Waals surface area contributed by atoms with E-state index in [-0.39, 0.29) is 0 Å². The predicted octanol–water partition coefficient (Wildman–Crippen LogP) is 4.15. The quantitative estimate of drug-likeness (QED) is 0.792. The summed E-state index contributed by atoms with van der Waals surface area (Å²) in [6, 6.07) is 3.75. The van der Waals surface area contributed by atoms with Gasteiger partial charge in [-0.3, -0.25) is 9.97 Å². The number of nitrogens with zero attached hydrogens (tertiary/aromatic N) is 2. The third-order valence-corrected chi connectivity index (χ3v) is 5.26. The first-order chi connectivity index (χ1) is 10.8. The largest absolute Gasteiger partial charge is 0.525 e. The van der Waals surface area contributed by atoms with Crippen LogP contribution in [0.5, 0.6) is 0 Å². The minimum atomic E-state index is -0.970. The van der Waals surface area contributed by atoms with Crippen LogP contribution >= 0.6 is 11.3 Å². The van der Waals surface area contributed by atoms with Crippen molar-refractivity contribution in [2.24, 2.45) is 0 Å². The molecule has 0 radical (unpaired) electrons. The molecular weight excluding hydrogens is 314 g/mol. The SMILES string of the molecule is CC1(C)OB(C(F)=Cc2ccc(-c3cnccn3)s2)OC1(C)C. The smallest absolute Gasteiger partial charge is 0.398 e. The Morgan fingerprint density at radius 2 is 1.87 bits per heavy atom. The van der Waals surface area contributed by atoms with E-state index in [9.17, 15) is 4.39 Å². The summed E-state index contributed by atoms with van der Waals surface area (Å²) in [5.41, 5.74) is -0.768. The van der Waals surface area contributed by atoms with Crippen molar-refractivity contribution in [1.29, 1.82) is 0 Å². The van der Waals surface area contributed by atoms with E-state index in [1.807, 2.05) is 39.8 Å². The highest BCUT2D eigenvalue weighted by atomic mass is 32.1. The van der Waals surface area contributed by atoms with Crippen LogP contribution in [0.2, 0.25) is 0 Å². The number of aromatic nitrogens is 2. The molecule has 7 heteroatoms. The van der Waals surface area contributed by atoms with E-state index < -0.39 is 24.0 Å². The summed E-state index contributed by atoms with van der Waals surface area (Å²) in [6.45, 7) is 7.60. The van der Waals surface area contributed by atoms with Crippen molar-refractivity contribution < 1.29 is 13.7 Å². The first-order valence-electron chi connectivity index (χ1n) is 7.37. The van der Waals surface area contributed by atoms with Gasteiger partial charge in [-0.2, -0.15) is 0 Å². The highest BCUT2D eigenvalue weighted by Crippen LogP contribution is 2.39. The molecular formula is C16H18BFN2O2S. The van der Waals surface area contributed by atoms with E-state index in [1.165, 1.54) is 17.4 Å². The fourth-order valence-electron chi connectivity index (χ4n) is 2.15. The highest BCUT2D eigenvalue weighted by molar-refractivity contribution is 7.16. The van der Waals surface area contributed by atoms with Crippen molar-refractivity contribution in [1.82, 2.24) is 9.97 Å². The Morgan fingerprint density at radius 1 is 1.17 bits per heavy atom. The number of thiophene rings is 1. The van der Waals surface area contributed by atoms with Crippen LogP contribution in [0.15, 0.2) is 36.4 Å². The van der Waals surface area contributed by atoms with Crippen molar-refractivity contribution in [3.05, 3.63) is 41.3 Å². The van der Waals surface area contributed by atoms with E-state index in [0.717, 1.165) is 15.4 Å². The van der Waals surface area contributed by atoms with E-state index in [0.29, 0.717) is 0 Å². The Labute approximate surface area is 139 Å². The maximum atomic E-state index is 14.5. The van der Waals surface area contributed by atoms with Crippen LogP contribution in [0.25, 0.3) is 16.6 Å². The molecule has 0 aromatic carbocycles. The molecule has 0 unspecified atom stereocenters. The van der Waals surface area contributed by atoms with E-state index >= 15 is 0 Å². The molecule has 3 heterocycles. The molecule has 0 aliphatic carbocycles. The van der Waals surface area contributed by atoms with Crippen LogP contribution < -0.4 is 0 Å². The lowest BCUT2D eigenvalue weighted by molar-refractivity contribution is 0.00578. The molecule has 4 nitrogen and oxygen atoms in total. The molecule has 0 bridgehead atoms. The van der Waals surface area contributed by atoms with Gasteiger partial charge in [-0.05, 0) is 45.9 Å². The molecule has 2 aromatic heterocycles. The third-order valence-electron chi connectivity index (χ3n) is 4.20. The standard InChI is InChI=1S/C16H18BFN2O2S/c1-15(2)16(3,4)22-17(21-15)14(18)9-11-5-6-13(23-11)12-10-19-7-8-20-12/h5-10H,1-4H3. The van der Waals surface area contributed by atoms with Crippen molar-refractivity contribution >= 4 is 24.5 Å². The van der Waals surface area contributed by atoms with Gasteiger partial charge < -0.3 is 9.31 Å². The number of hydrogen-bond acceptors (Lipinski definition) is 5. The fraction of sp³-hybridized carbons (Fsp3) is 0.375. The van der Waals surface area contributed by atoms with Crippen molar-refractivity contribution in [2.45, 2.75) is 38.9 Å². The van der Waals surface area contributed by atoms with Crippen molar-refractivity contribution in [2.75, 3.05) is 0 Å². The molecule has 2 aromatic rings. The summed E-state index contributed by atoms with van der Waals surface area (Å²) in [4.78, 5) is 9.99. The number of hydrogen-bond donors (Lipinski definition) is 0. The second-order valence-corrected chi connectivity index (χ2v) is 7.53. The molecule has 0 amide bonds. The zero-order valence-electron chi connectivity index (χ0n) is 13.5. The molecule has 1 aliphatic rings. The minimum Gasteiger partial charge on any atom is -0.398 e. The fourth-order valence-corrected chi connectivity index (χ4v) is 3.06. The van der Waals surface area contributed by atoms with Crippen LogP contribution in [0.4, 0.5) is 4.39 Å². The normalized spacial score (nSPS) is 20.0. The molecule has 0 atom stereocenters. The maximum Gasteiger partial charge on any atom is 0.525 e. The van der Waals surface area contributed by atoms with Crippen LogP contribution in [0.1, 0.15) is 32.6 Å². The van der Waals surface area contributed by atoms with Crippen molar-refractivity contribution in [3.63, 3.8) is 0 Å². The maximum absolute atomic E-state index is 14.5. The second-order valence-electron chi connectivity index (χ2n) is 6.41. The Bertz CT molecular complexity index is 715. The molecule has 0 saturated carbocycles. The lowest BCUT2D eigenvalue weighted by atomic mass is 9.87. The van der Waals surface area contributed by atoms with Crippen LogP contribution in [0, 0.1) is 0 Å². The second kappa shape index (κ2) is 5.81. The molecule has 1 aliphatic heterocycles. The van der Waals surface area contributed by atoms with Gasteiger partial charge in [0.1, 0.15) is 5.73 Å². The molecule has 1 saturated heterocycles. The first-order valence-corrected chi connectivity index (χ1v) is 8.19. The third kappa shape index (κ3) is 3.22. The topological polar surface area (TPSA) is 44.2 Å². The van der Waals surface area contributed by atoms with Gasteiger partial charge in [-0.1, -0.05) is 0 Å². The van der Waals surface area contributed by atoms with Crippen molar-refractivity contribution in [3.8, 4) is 10.6 Å². The molecule has 1 fully saturated rings. The first kappa shape index (κ1) is 16.3. The summed E-state index contributed by atoms with van der Waals surface area (Å²) in [5, 5.41) is 0. The summed E-state index contributed by atoms with van der Waals surface area (Å²) in [5.74, 6) is 0. The van der Waals surface area contributed by atoms with Crippen LogP contribution in [-0.4, -0.2) is 28.3 Å². The van der Waals surface area contributed by atoms with Gasteiger partial charge in [0.2, 0.25) is 0 Å². The predicted molar refractivity (Wildman–Crippen MR) is 90.5 cm³/mol. The molecule has 0 spiro atoms. The average molecular weight is 332 g/mol.